The summed E-state index contributed by atoms with van der Waals surface area (Å²) in [6, 6.07) is 6.80. The zero-order valence-corrected chi connectivity index (χ0v) is 20.6. The number of amides is 2. The largest absolute Gasteiger partial charge is 0.481 e. The van der Waals surface area contributed by atoms with Crippen LogP contribution in [0.1, 0.15) is 28.1 Å². The highest BCUT2D eigenvalue weighted by molar-refractivity contribution is 7.92. The molecule has 2 amide bonds. The molecule has 0 bridgehead atoms. The van der Waals surface area contributed by atoms with Crippen LogP contribution in [0.15, 0.2) is 34.8 Å². The van der Waals surface area contributed by atoms with Gasteiger partial charge in [-0.1, -0.05) is 12.1 Å². The van der Waals surface area contributed by atoms with E-state index in [0.717, 1.165) is 70.0 Å². The average molecular weight is 500 g/mol. The van der Waals surface area contributed by atoms with Crippen molar-refractivity contribution in [3.63, 3.8) is 0 Å². The lowest BCUT2D eigenvalue weighted by atomic mass is 9.98. The molecule has 0 unspecified atom stereocenters. The highest BCUT2D eigenvalue weighted by Crippen LogP contribution is 2.38. The third-order valence-corrected chi connectivity index (χ3v) is 8.93. The number of ether oxygens (including phenoxy) is 1. The van der Waals surface area contributed by atoms with Crippen molar-refractivity contribution in [1.29, 1.82) is 0 Å². The van der Waals surface area contributed by atoms with E-state index in [9.17, 15) is 13.2 Å². The van der Waals surface area contributed by atoms with Crippen molar-refractivity contribution >= 4 is 33.1 Å². The number of nitrogens with one attached hydrogen (secondary N) is 2. The monoisotopic (exact) mass is 499 g/mol. The van der Waals surface area contributed by atoms with Crippen molar-refractivity contribution in [1.82, 2.24) is 19.6 Å². The Hall–Kier alpha value is -3.02. The Morgan fingerprint density at radius 1 is 1.21 bits per heavy atom. The minimum atomic E-state index is -4.10. The first-order valence-corrected chi connectivity index (χ1v) is 13.3. The first-order valence-electron chi connectivity index (χ1n) is 11.0. The first kappa shape index (κ1) is 22.8. The number of rotatable bonds is 5. The maximum absolute atomic E-state index is 12.9. The van der Waals surface area contributed by atoms with E-state index >= 15 is 0 Å². The maximum atomic E-state index is 12.9. The zero-order chi connectivity index (χ0) is 23.9. The molecule has 2 aromatic heterocycles. The van der Waals surface area contributed by atoms with E-state index in [-0.39, 0.29) is 4.34 Å². The first-order chi connectivity index (χ1) is 16.3. The van der Waals surface area contributed by atoms with Crippen molar-refractivity contribution < 1.29 is 17.9 Å². The third kappa shape index (κ3) is 4.38. The Bertz CT molecular complexity index is 1370. The van der Waals surface area contributed by atoms with Gasteiger partial charge in [0.1, 0.15) is 0 Å². The average Bonchev–Trinajstić information content (AvgIpc) is 3.46. The van der Waals surface area contributed by atoms with Crippen LogP contribution < -0.4 is 14.8 Å². The maximum Gasteiger partial charge on any atom is 0.333 e. The molecule has 3 heterocycles. The number of pyridine rings is 1. The number of urea groups is 1. The van der Waals surface area contributed by atoms with E-state index in [0.29, 0.717) is 24.5 Å². The summed E-state index contributed by atoms with van der Waals surface area (Å²) < 4.78 is 33.2. The number of aromatic nitrogens is 2. The summed E-state index contributed by atoms with van der Waals surface area (Å²) in [5.41, 5.74) is 5.17. The Morgan fingerprint density at radius 2 is 2.06 bits per heavy atom. The van der Waals surface area contributed by atoms with Gasteiger partial charge in [0.15, 0.2) is 0 Å². The van der Waals surface area contributed by atoms with Gasteiger partial charge in [-0.2, -0.15) is 8.42 Å². The molecule has 0 saturated heterocycles. The predicted molar refractivity (Wildman–Crippen MR) is 130 cm³/mol. The Kier molecular flexibility index (Phi) is 6.00. The molecule has 34 heavy (non-hydrogen) atoms. The molecule has 1 aliphatic carbocycles. The van der Waals surface area contributed by atoms with Crippen molar-refractivity contribution in [2.45, 2.75) is 36.6 Å². The number of carbonyl (C=O) groups excluding carboxylic acids is 1. The van der Waals surface area contributed by atoms with Gasteiger partial charge in [-0.25, -0.2) is 19.5 Å². The van der Waals surface area contributed by atoms with Crippen LogP contribution >= 0.6 is 11.3 Å². The highest BCUT2D eigenvalue weighted by Gasteiger charge is 2.28. The van der Waals surface area contributed by atoms with Gasteiger partial charge < -0.3 is 15.0 Å². The van der Waals surface area contributed by atoms with E-state index in [2.05, 4.69) is 31.0 Å². The molecule has 1 aliphatic heterocycles. The number of hydrogen-bond donors (Lipinski definition) is 2. The molecular formula is C23H25N5O4S2. The summed E-state index contributed by atoms with van der Waals surface area (Å²) in [5, 5.41) is 2.82. The molecule has 2 aliphatic rings. The summed E-state index contributed by atoms with van der Waals surface area (Å²) >= 11 is 1.11. The van der Waals surface area contributed by atoms with Crippen LogP contribution in [-0.4, -0.2) is 50.0 Å². The smallest absolute Gasteiger partial charge is 0.333 e. The van der Waals surface area contributed by atoms with Gasteiger partial charge in [0.05, 0.1) is 18.5 Å². The molecule has 3 aromatic rings. The van der Waals surface area contributed by atoms with E-state index in [1.54, 1.807) is 19.4 Å². The molecule has 9 nitrogen and oxygen atoms in total. The van der Waals surface area contributed by atoms with Gasteiger partial charge in [-0.15, -0.1) is 11.3 Å². The van der Waals surface area contributed by atoms with Crippen molar-refractivity contribution in [3.8, 4) is 17.0 Å². The number of likely N-dealkylation sites (N-methyl/N-ethyl adjacent to an activating group) is 1. The summed E-state index contributed by atoms with van der Waals surface area (Å²) in [6.07, 6.45) is 5.03. The molecule has 0 spiro atoms. The lowest BCUT2D eigenvalue weighted by molar-refractivity contribution is 0.256. The number of sulfonamides is 1. The van der Waals surface area contributed by atoms with Crippen LogP contribution in [0.3, 0.4) is 0 Å². The Morgan fingerprint density at radius 3 is 2.88 bits per heavy atom. The van der Waals surface area contributed by atoms with Gasteiger partial charge in [-0.05, 0) is 49.1 Å². The normalized spacial score (nSPS) is 15.5. The van der Waals surface area contributed by atoms with Crippen molar-refractivity contribution in [2.24, 2.45) is 0 Å². The second kappa shape index (κ2) is 8.97. The number of nitrogens with zero attached hydrogens (tertiary/aromatic N) is 3. The topological polar surface area (TPSA) is 114 Å². The van der Waals surface area contributed by atoms with Crippen LogP contribution in [0.4, 0.5) is 10.5 Å². The predicted octanol–water partition coefficient (Wildman–Crippen LogP) is 3.20. The van der Waals surface area contributed by atoms with Crippen molar-refractivity contribution in [3.05, 3.63) is 52.2 Å². The molecule has 1 aromatic carbocycles. The number of aryl methyl sites for hydroxylation is 1. The molecule has 0 atom stereocenters. The lowest BCUT2D eigenvalue weighted by Crippen LogP contribution is -2.34. The third-order valence-electron chi connectivity index (χ3n) is 6.14. The standard InChI is InChI=1S/C23H25N5O4S2/c1-28-11-9-18-19(13-28)33-23(25-18)34(30,31)27-22(29)26-21-16-5-3-4-14(16)6-7-17(21)15-8-10-24-20(12-15)32-2/h6-8,10,12H,3-5,9,11,13H2,1-2H3,(H2,26,27,29). The van der Waals surface area contributed by atoms with E-state index in [4.69, 9.17) is 4.74 Å². The summed E-state index contributed by atoms with van der Waals surface area (Å²) in [6.45, 7) is 1.48. The quantitative estimate of drug-likeness (QED) is 0.554. The van der Waals surface area contributed by atoms with Gasteiger partial charge >= 0.3 is 6.03 Å². The van der Waals surface area contributed by atoms with Gasteiger partial charge in [0.2, 0.25) is 10.2 Å². The minimum Gasteiger partial charge on any atom is -0.481 e. The molecule has 0 fully saturated rings. The highest BCUT2D eigenvalue weighted by atomic mass is 32.2. The fourth-order valence-corrected chi connectivity index (χ4v) is 6.85. The second-order valence-electron chi connectivity index (χ2n) is 8.46. The summed E-state index contributed by atoms with van der Waals surface area (Å²) in [7, 11) is -0.571. The molecule has 178 valence electrons. The van der Waals surface area contributed by atoms with Gasteiger partial charge in [0, 0.05) is 42.2 Å². The molecule has 11 heteroatoms. The fraction of sp³-hybridized carbons (Fsp3) is 0.348. The van der Waals surface area contributed by atoms with E-state index in [1.807, 2.05) is 19.2 Å². The van der Waals surface area contributed by atoms with Crippen LogP contribution in [0.5, 0.6) is 5.88 Å². The van der Waals surface area contributed by atoms with Crippen LogP contribution in [-0.2, 0) is 35.8 Å². The number of hydrogen-bond acceptors (Lipinski definition) is 8. The molecular weight excluding hydrogens is 474 g/mol. The van der Waals surface area contributed by atoms with Crippen molar-refractivity contribution in [2.75, 3.05) is 26.0 Å². The minimum absolute atomic E-state index is 0.0830. The van der Waals surface area contributed by atoms with E-state index < -0.39 is 16.1 Å². The summed E-state index contributed by atoms with van der Waals surface area (Å²) in [4.78, 5) is 24.4. The summed E-state index contributed by atoms with van der Waals surface area (Å²) in [5.74, 6) is 0.453. The number of benzene rings is 1. The van der Waals surface area contributed by atoms with Crippen LogP contribution in [0.2, 0.25) is 0 Å². The number of thiazole rings is 1. The molecule has 5 rings (SSSR count). The Balaban J connectivity index is 1.43. The number of carbonyl (C=O) groups is 1. The second-order valence-corrected chi connectivity index (χ2v) is 11.4. The van der Waals surface area contributed by atoms with Gasteiger partial charge in [-0.3, -0.25) is 0 Å². The number of anilines is 1. The SMILES string of the molecule is COc1cc(-c2ccc3c(c2NC(=O)NS(=O)(=O)c2nc4c(s2)CN(C)CC4)CCC3)ccn1. The lowest BCUT2D eigenvalue weighted by Gasteiger charge is -2.20. The molecule has 0 saturated carbocycles. The molecule has 0 radical (unpaired) electrons. The number of methoxy groups -OCH3 is 1. The van der Waals surface area contributed by atoms with Crippen LogP contribution in [0, 0.1) is 0 Å². The number of fused-ring (bicyclic) bond motifs is 2. The zero-order valence-electron chi connectivity index (χ0n) is 18.9. The van der Waals surface area contributed by atoms with Crippen LogP contribution in [0.25, 0.3) is 11.1 Å². The Labute approximate surface area is 202 Å². The van der Waals surface area contributed by atoms with Gasteiger partial charge in [0.25, 0.3) is 10.0 Å². The fourth-order valence-electron chi connectivity index (χ4n) is 4.46. The van der Waals surface area contributed by atoms with E-state index in [1.165, 1.54) is 0 Å². The molecule has 2 N–H and O–H groups in total.